The van der Waals surface area contributed by atoms with Gasteiger partial charge in [0.1, 0.15) is 13.1 Å². The van der Waals surface area contributed by atoms with Gasteiger partial charge in [-0.1, -0.05) is 46.3 Å². The van der Waals surface area contributed by atoms with Gasteiger partial charge in [0.15, 0.2) is 0 Å². The van der Waals surface area contributed by atoms with E-state index in [-0.39, 0.29) is 0 Å². The zero-order valence-electron chi connectivity index (χ0n) is 11.8. The fourth-order valence-corrected chi connectivity index (χ4v) is 3.87. The first-order valence-corrected chi connectivity index (χ1v) is 8.25. The Bertz CT molecular complexity index is 791. The topological polar surface area (TPSA) is 20.2 Å². The van der Waals surface area contributed by atoms with Gasteiger partial charge in [0.2, 0.25) is 0 Å². The standard InChI is InChI=1S/C18H17BrN2/c19-14-5-3-4-13(10-14)11-21-9-8-16-15-6-1-2-7-17(15)20-18(16)12-21/h1-7,10,20H,8-9,11-12H2/p+1. The highest BCUT2D eigenvalue weighted by Gasteiger charge is 2.23. The average Bonchev–Trinajstić information content (AvgIpc) is 2.85. The van der Waals surface area contributed by atoms with Gasteiger partial charge in [0, 0.05) is 27.4 Å². The fraction of sp³-hybridized carbons (Fsp3) is 0.222. The van der Waals surface area contributed by atoms with Crippen LogP contribution in [0.2, 0.25) is 0 Å². The van der Waals surface area contributed by atoms with E-state index in [0.717, 1.165) is 13.1 Å². The molecule has 3 heteroatoms. The molecule has 0 fully saturated rings. The molecule has 106 valence electrons. The Hall–Kier alpha value is -1.58. The molecule has 2 aromatic carbocycles. The van der Waals surface area contributed by atoms with Crippen LogP contribution in [0, 0.1) is 0 Å². The van der Waals surface area contributed by atoms with Crippen molar-refractivity contribution in [2.75, 3.05) is 6.54 Å². The highest BCUT2D eigenvalue weighted by atomic mass is 79.9. The first-order chi connectivity index (χ1) is 10.3. The largest absolute Gasteiger partial charge is 0.354 e. The molecule has 1 unspecified atom stereocenters. The number of aromatic amines is 1. The summed E-state index contributed by atoms with van der Waals surface area (Å²) in [6.07, 6.45) is 1.17. The van der Waals surface area contributed by atoms with E-state index >= 15 is 0 Å². The van der Waals surface area contributed by atoms with Gasteiger partial charge in [-0.3, -0.25) is 0 Å². The number of hydrogen-bond donors (Lipinski definition) is 2. The maximum absolute atomic E-state index is 3.61. The van der Waals surface area contributed by atoms with Crippen molar-refractivity contribution in [1.82, 2.24) is 4.98 Å². The van der Waals surface area contributed by atoms with E-state index in [0.29, 0.717) is 0 Å². The van der Waals surface area contributed by atoms with Crippen LogP contribution < -0.4 is 4.90 Å². The molecule has 0 amide bonds. The van der Waals surface area contributed by atoms with Crippen molar-refractivity contribution >= 4 is 26.8 Å². The van der Waals surface area contributed by atoms with Gasteiger partial charge in [0.05, 0.1) is 12.2 Å². The summed E-state index contributed by atoms with van der Waals surface area (Å²) >= 11 is 3.56. The molecule has 0 spiro atoms. The van der Waals surface area contributed by atoms with E-state index < -0.39 is 0 Å². The van der Waals surface area contributed by atoms with Crippen LogP contribution >= 0.6 is 15.9 Å². The van der Waals surface area contributed by atoms with Crippen LogP contribution in [0.15, 0.2) is 53.0 Å². The highest BCUT2D eigenvalue weighted by molar-refractivity contribution is 9.10. The number of quaternary nitrogens is 1. The maximum Gasteiger partial charge on any atom is 0.118 e. The van der Waals surface area contributed by atoms with Gasteiger partial charge < -0.3 is 9.88 Å². The van der Waals surface area contributed by atoms with Crippen molar-refractivity contribution in [3.05, 3.63) is 69.8 Å². The van der Waals surface area contributed by atoms with Crippen LogP contribution in [0.4, 0.5) is 0 Å². The van der Waals surface area contributed by atoms with Gasteiger partial charge in [0.25, 0.3) is 0 Å². The van der Waals surface area contributed by atoms with Crippen molar-refractivity contribution in [3.8, 4) is 0 Å². The molecular weight excluding hydrogens is 324 g/mol. The lowest BCUT2D eigenvalue weighted by molar-refractivity contribution is -0.929. The lowest BCUT2D eigenvalue weighted by atomic mass is 10.0. The number of nitrogens with one attached hydrogen (secondary N) is 2. The second kappa shape index (κ2) is 5.32. The number of rotatable bonds is 2. The van der Waals surface area contributed by atoms with Crippen LogP contribution in [0.3, 0.4) is 0 Å². The number of para-hydroxylation sites is 1. The molecule has 1 atom stereocenters. The van der Waals surface area contributed by atoms with E-state index in [1.54, 1.807) is 4.90 Å². The quantitative estimate of drug-likeness (QED) is 0.714. The summed E-state index contributed by atoms with van der Waals surface area (Å²) < 4.78 is 1.17. The second-order valence-corrected chi connectivity index (χ2v) is 6.78. The van der Waals surface area contributed by atoms with Gasteiger partial charge >= 0.3 is 0 Å². The predicted molar refractivity (Wildman–Crippen MR) is 89.4 cm³/mol. The lowest BCUT2D eigenvalue weighted by Gasteiger charge is -2.24. The van der Waals surface area contributed by atoms with Crippen LogP contribution in [0.25, 0.3) is 10.9 Å². The summed E-state index contributed by atoms with van der Waals surface area (Å²) in [7, 11) is 0. The molecule has 1 aliphatic heterocycles. The number of aromatic nitrogens is 1. The first-order valence-electron chi connectivity index (χ1n) is 7.46. The van der Waals surface area contributed by atoms with E-state index in [1.807, 2.05) is 0 Å². The zero-order valence-corrected chi connectivity index (χ0v) is 13.4. The van der Waals surface area contributed by atoms with E-state index in [2.05, 4.69) is 69.4 Å². The van der Waals surface area contributed by atoms with Gasteiger partial charge in [-0.25, -0.2) is 0 Å². The van der Waals surface area contributed by atoms with Crippen molar-refractivity contribution in [2.45, 2.75) is 19.5 Å². The third kappa shape index (κ3) is 2.52. The maximum atomic E-state index is 3.61. The number of benzene rings is 2. The van der Waals surface area contributed by atoms with Crippen molar-refractivity contribution in [2.24, 2.45) is 0 Å². The highest BCUT2D eigenvalue weighted by Crippen LogP contribution is 2.23. The van der Waals surface area contributed by atoms with Crippen molar-refractivity contribution in [3.63, 3.8) is 0 Å². The van der Waals surface area contributed by atoms with E-state index in [4.69, 9.17) is 0 Å². The zero-order chi connectivity index (χ0) is 14.2. The molecular formula is C18H18BrN2+. The molecule has 2 heterocycles. The molecule has 0 bridgehead atoms. The van der Waals surface area contributed by atoms with E-state index in [1.165, 1.54) is 45.2 Å². The normalized spacial score (nSPS) is 17.9. The second-order valence-electron chi connectivity index (χ2n) is 5.86. The molecule has 21 heavy (non-hydrogen) atoms. The Morgan fingerprint density at radius 2 is 2.00 bits per heavy atom. The minimum Gasteiger partial charge on any atom is -0.354 e. The summed E-state index contributed by atoms with van der Waals surface area (Å²) in [5.74, 6) is 0. The van der Waals surface area contributed by atoms with Crippen LogP contribution in [-0.4, -0.2) is 11.5 Å². The smallest absolute Gasteiger partial charge is 0.118 e. The Balaban J connectivity index is 1.59. The number of fused-ring (bicyclic) bond motifs is 3. The summed E-state index contributed by atoms with van der Waals surface area (Å²) in [6, 6.07) is 17.3. The van der Waals surface area contributed by atoms with Crippen LogP contribution in [0.5, 0.6) is 0 Å². The Morgan fingerprint density at radius 1 is 1.10 bits per heavy atom. The molecule has 1 aliphatic rings. The molecule has 0 radical (unpaired) electrons. The van der Waals surface area contributed by atoms with Crippen LogP contribution in [-0.2, 0) is 19.5 Å². The van der Waals surface area contributed by atoms with E-state index in [9.17, 15) is 0 Å². The Kier molecular flexibility index (Phi) is 3.32. The molecule has 0 aliphatic carbocycles. The molecule has 3 aromatic rings. The molecule has 1 aromatic heterocycles. The minimum atomic E-state index is 1.09. The van der Waals surface area contributed by atoms with Crippen molar-refractivity contribution in [1.29, 1.82) is 0 Å². The fourth-order valence-electron chi connectivity index (χ4n) is 3.42. The number of H-pyrrole nitrogens is 1. The Morgan fingerprint density at radius 3 is 2.90 bits per heavy atom. The molecule has 4 rings (SSSR count). The predicted octanol–water partition coefficient (Wildman–Crippen LogP) is 3.07. The molecule has 2 N–H and O–H groups in total. The molecule has 0 saturated heterocycles. The summed E-state index contributed by atoms with van der Waals surface area (Å²) in [5.41, 5.74) is 5.64. The van der Waals surface area contributed by atoms with Gasteiger partial charge in [-0.05, 0) is 23.8 Å². The van der Waals surface area contributed by atoms with Gasteiger partial charge in [-0.15, -0.1) is 0 Å². The molecule has 0 saturated carbocycles. The first kappa shape index (κ1) is 13.1. The Labute approximate surface area is 132 Å². The van der Waals surface area contributed by atoms with Crippen LogP contribution in [0.1, 0.15) is 16.8 Å². The summed E-state index contributed by atoms with van der Waals surface area (Å²) in [6.45, 7) is 3.39. The van der Waals surface area contributed by atoms with Gasteiger partial charge in [-0.2, -0.15) is 0 Å². The third-order valence-corrected chi connectivity index (χ3v) is 4.89. The monoisotopic (exact) mass is 341 g/mol. The lowest BCUT2D eigenvalue weighted by Crippen LogP contribution is -3.10. The number of hydrogen-bond acceptors (Lipinski definition) is 0. The summed E-state index contributed by atoms with van der Waals surface area (Å²) in [5, 5.41) is 1.41. The number of halogens is 1. The minimum absolute atomic E-state index is 1.09. The summed E-state index contributed by atoms with van der Waals surface area (Å²) in [4.78, 5) is 5.24. The average molecular weight is 342 g/mol. The molecule has 2 nitrogen and oxygen atoms in total. The SMILES string of the molecule is Brc1cccc(C[NH+]2CCc3c([nH]c4ccccc34)C2)c1. The van der Waals surface area contributed by atoms with Crippen molar-refractivity contribution < 1.29 is 4.90 Å². The third-order valence-electron chi connectivity index (χ3n) is 4.40.